The summed E-state index contributed by atoms with van der Waals surface area (Å²) in [5.74, 6) is -0.0422. The predicted octanol–water partition coefficient (Wildman–Crippen LogP) is 3.59. The lowest BCUT2D eigenvalue weighted by molar-refractivity contribution is -0.141. The van der Waals surface area contributed by atoms with Crippen LogP contribution in [0.1, 0.15) is 37.0 Å². The van der Waals surface area contributed by atoms with Gasteiger partial charge in [-0.1, -0.05) is 11.6 Å². The molecular weight excluding hydrogens is 347 g/mol. The Morgan fingerprint density at radius 2 is 2.00 bits per heavy atom. The van der Waals surface area contributed by atoms with Gasteiger partial charge in [0.15, 0.2) is 5.69 Å². The van der Waals surface area contributed by atoms with Gasteiger partial charge in [-0.25, -0.2) is 4.68 Å². The molecule has 1 N–H and O–H groups in total. The number of carbonyl (C=O) groups excluding carboxylic acids is 1. The van der Waals surface area contributed by atoms with Crippen molar-refractivity contribution in [3.05, 3.63) is 28.2 Å². The number of rotatable bonds is 4. The molecule has 0 saturated carbocycles. The Morgan fingerprint density at radius 1 is 1.38 bits per heavy atom. The van der Waals surface area contributed by atoms with Crippen molar-refractivity contribution in [3.8, 4) is 0 Å². The fourth-order valence-electron chi connectivity index (χ4n) is 2.29. The molecule has 0 spiro atoms. The smallest absolute Gasteiger partial charge is 0.309 e. The number of halogens is 4. The second-order valence-electron chi connectivity index (χ2n) is 5.34. The Labute approximate surface area is 141 Å². The lowest BCUT2D eigenvalue weighted by atomic mass is 10.3. The zero-order valence-corrected chi connectivity index (χ0v) is 14.3. The van der Waals surface area contributed by atoms with Gasteiger partial charge in [-0.05, 0) is 27.7 Å². The van der Waals surface area contributed by atoms with Gasteiger partial charge in [-0.15, -0.1) is 0 Å². The summed E-state index contributed by atoms with van der Waals surface area (Å²) in [4.78, 5) is 12.4. The number of nitrogens with zero attached hydrogens (tertiary/aromatic N) is 4. The van der Waals surface area contributed by atoms with Gasteiger partial charge in [-0.3, -0.25) is 9.48 Å². The molecular formula is C14H17ClF3N5O. The van der Waals surface area contributed by atoms with E-state index in [4.69, 9.17) is 11.6 Å². The maximum absolute atomic E-state index is 12.9. The predicted molar refractivity (Wildman–Crippen MR) is 83.0 cm³/mol. The first-order valence-electron chi connectivity index (χ1n) is 7.23. The summed E-state index contributed by atoms with van der Waals surface area (Å²) in [5.41, 5.74) is -0.403. The van der Waals surface area contributed by atoms with Crippen molar-refractivity contribution in [2.24, 2.45) is 0 Å². The van der Waals surface area contributed by atoms with Gasteiger partial charge in [0.05, 0.1) is 16.4 Å². The fourth-order valence-corrected chi connectivity index (χ4v) is 2.52. The van der Waals surface area contributed by atoms with Crippen molar-refractivity contribution >= 4 is 23.3 Å². The number of carbonyl (C=O) groups is 1. The molecule has 6 nitrogen and oxygen atoms in total. The Balaban J connectivity index is 2.28. The van der Waals surface area contributed by atoms with Gasteiger partial charge in [0.25, 0.3) is 0 Å². The number of hydrogen-bond acceptors (Lipinski definition) is 3. The number of nitrogens with one attached hydrogen (secondary N) is 1. The van der Waals surface area contributed by atoms with Gasteiger partial charge in [0, 0.05) is 12.6 Å². The van der Waals surface area contributed by atoms with Crippen LogP contribution in [0.3, 0.4) is 0 Å². The van der Waals surface area contributed by atoms with Crippen LogP contribution in [0.5, 0.6) is 0 Å². The van der Waals surface area contributed by atoms with Crippen LogP contribution in [0.15, 0.2) is 6.07 Å². The van der Waals surface area contributed by atoms with Crippen molar-refractivity contribution in [1.29, 1.82) is 0 Å². The lowest BCUT2D eigenvalue weighted by Crippen LogP contribution is -2.26. The zero-order chi connectivity index (χ0) is 18.2. The van der Waals surface area contributed by atoms with Gasteiger partial charge in [-0.2, -0.15) is 23.4 Å². The van der Waals surface area contributed by atoms with E-state index in [2.05, 4.69) is 15.5 Å². The number of alkyl halides is 3. The summed E-state index contributed by atoms with van der Waals surface area (Å²) < 4.78 is 41.2. The Bertz CT molecular complexity index is 765. The highest BCUT2D eigenvalue weighted by molar-refractivity contribution is 6.32. The topological polar surface area (TPSA) is 64.7 Å². The fraction of sp³-hybridized carbons (Fsp3) is 0.500. The van der Waals surface area contributed by atoms with Crippen LogP contribution in [-0.4, -0.2) is 25.5 Å². The molecule has 0 fully saturated rings. The monoisotopic (exact) mass is 363 g/mol. The number of hydrogen-bond donors (Lipinski definition) is 1. The third-order valence-corrected chi connectivity index (χ3v) is 4.00. The van der Waals surface area contributed by atoms with Crippen molar-refractivity contribution in [1.82, 2.24) is 19.6 Å². The highest BCUT2D eigenvalue weighted by Crippen LogP contribution is 2.36. The summed E-state index contributed by atoms with van der Waals surface area (Å²) >= 11 is 5.71. The molecule has 0 aliphatic carbocycles. The molecule has 0 radical (unpaired) electrons. The molecule has 0 aromatic carbocycles. The SMILES string of the molecule is CCn1nc(C)cc1NC(=O)C(C)n1nc(C(F)(F)F)c(Cl)c1C. The summed E-state index contributed by atoms with van der Waals surface area (Å²) in [6.45, 7) is 7.01. The van der Waals surface area contributed by atoms with Gasteiger partial charge in [0.1, 0.15) is 11.9 Å². The van der Waals surface area contributed by atoms with Crippen molar-refractivity contribution in [3.63, 3.8) is 0 Å². The Hall–Kier alpha value is -2.03. The molecule has 0 saturated heterocycles. The minimum absolute atomic E-state index is 0.0758. The molecule has 1 amide bonds. The van der Waals surface area contributed by atoms with Crippen LogP contribution in [0, 0.1) is 13.8 Å². The summed E-state index contributed by atoms with van der Waals surface area (Å²) in [7, 11) is 0. The van der Waals surface area contributed by atoms with Crippen LogP contribution in [-0.2, 0) is 17.5 Å². The van der Waals surface area contributed by atoms with Crippen LogP contribution < -0.4 is 5.32 Å². The van der Waals surface area contributed by atoms with E-state index in [0.29, 0.717) is 12.4 Å². The number of aryl methyl sites for hydroxylation is 2. The molecule has 1 unspecified atom stereocenters. The third-order valence-electron chi connectivity index (χ3n) is 3.54. The van der Waals surface area contributed by atoms with E-state index in [1.54, 1.807) is 17.7 Å². The first-order chi connectivity index (χ1) is 11.1. The maximum atomic E-state index is 12.9. The average Bonchev–Trinajstić information content (AvgIpc) is 2.98. The molecule has 132 valence electrons. The van der Waals surface area contributed by atoms with E-state index in [-0.39, 0.29) is 5.69 Å². The first-order valence-corrected chi connectivity index (χ1v) is 7.61. The number of amides is 1. The van der Waals surface area contributed by atoms with Crippen LogP contribution in [0.25, 0.3) is 0 Å². The molecule has 0 aliphatic heterocycles. The normalized spacial score (nSPS) is 13.2. The molecule has 24 heavy (non-hydrogen) atoms. The maximum Gasteiger partial charge on any atom is 0.436 e. The minimum Gasteiger partial charge on any atom is -0.309 e. The van der Waals surface area contributed by atoms with E-state index >= 15 is 0 Å². The Morgan fingerprint density at radius 3 is 2.50 bits per heavy atom. The average molecular weight is 364 g/mol. The second-order valence-corrected chi connectivity index (χ2v) is 5.72. The summed E-state index contributed by atoms with van der Waals surface area (Å²) in [5, 5.41) is 9.81. The number of aromatic nitrogens is 4. The van der Waals surface area contributed by atoms with Gasteiger partial charge in [0.2, 0.25) is 5.91 Å². The van der Waals surface area contributed by atoms with E-state index < -0.39 is 28.8 Å². The third kappa shape index (κ3) is 3.40. The van der Waals surface area contributed by atoms with E-state index in [9.17, 15) is 18.0 Å². The van der Waals surface area contributed by atoms with E-state index in [1.165, 1.54) is 13.8 Å². The van der Waals surface area contributed by atoms with Crippen LogP contribution in [0.4, 0.5) is 19.0 Å². The van der Waals surface area contributed by atoms with E-state index in [1.807, 2.05) is 6.92 Å². The summed E-state index contributed by atoms with van der Waals surface area (Å²) in [6, 6.07) is 0.706. The van der Waals surface area contributed by atoms with Crippen molar-refractivity contribution in [2.75, 3.05) is 5.32 Å². The number of anilines is 1. The van der Waals surface area contributed by atoms with Crippen molar-refractivity contribution < 1.29 is 18.0 Å². The molecule has 0 aliphatic rings. The zero-order valence-electron chi connectivity index (χ0n) is 13.6. The molecule has 0 bridgehead atoms. The van der Waals surface area contributed by atoms with Crippen LogP contribution >= 0.6 is 11.6 Å². The lowest BCUT2D eigenvalue weighted by Gasteiger charge is -2.15. The molecule has 2 aromatic heterocycles. The molecule has 2 heterocycles. The first kappa shape index (κ1) is 18.3. The quantitative estimate of drug-likeness (QED) is 0.902. The Kier molecular flexibility index (Phi) is 4.93. The van der Waals surface area contributed by atoms with Gasteiger partial charge >= 0.3 is 6.18 Å². The molecule has 2 rings (SSSR count). The minimum atomic E-state index is -4.68. The standard InChI is InChI=1S/C14H17ClF3N5O/c1-5-22-10(6-7(2)20-22)19-13(24)9(4)23-8(3)11(15)12(21-23)14(16,17)18/h6,9H,5H2,1-4H3,(H,19,24). The molecule has 10 heteroatoms. The summed E-state index contributed by atoms with van der Waals surface area (Å²) in [6.07, 6.45) is -4.68. The van der Waals surface area contributed by atoms with E-state index in [0.717, 1.165) is 10.4 Å². The second kappa shape index (κ2) is 6.46. The molecule has 1 atom stereocenters. The molecule has 2 aromatic rings. The van der Waals surface area contributed by atoms with Gasteiger partial charge < -0.3 is 5.32 Å². The van der Waals surface area contributed by atoms with Crippen LogP contribution in [0.2, 0.25) is 5.02 Å². The largest absolute Gasteiger partial charge is 0.436 e. The highest BCUT2D eigenvalue weighted by atomic mass is 35.5. The van der Waals surface area contributed by atoms with Crippen molar-refractivity contribution in [2.45, 2.75) is 46.5 Å². The highest BCUT2D eigenvalue weighted by Gasteiger charge is 2.39.